The van der Waals surface area contributed by atoms with E-state index in [1.54, 1.807) is 23.6 Å². The molecule has 3 heterocycles. The minimum absolute atomic E-state index is 0.111. The van der Waals surface area contributed by atoms with Gasteiger partial charge in [0.05, 0.1) is 18.4 Å². The molecule has 1 unspecified atom stereocenters. The fraction of sp³-hybridized carbons (Fsp3) is 0.409. The minimum Gasteiger partial charge on any atom is -0.461 e. The first-order chi connectivity index (χ1) is 14.7. The highest BCUT2D eigenvalue weighted by molar-refractivity contribution is 7.99. The number of ether oxygens (including phenoxy) is 3. The Balaban J connectivity index is 1.57. The SMILES string of the molecule is COCCSc1cc(-n2ccc(-c3cccc(C)c3)n2)nc(OCC2CCCO2)n1. The lowest BCUT2D eigenvalue weighted by molar-refractivity contribution is 0.0642. The van der Waals surface area contributed by atoms with Gasteiger partial charge in [-0.1, -0.05) is 23.8 Å². The van der Waals surface area contributed by atoms with Crippen LogP contribution < -0.4 is 4.74 Å². The van der Waals surface area contributed by atoms with Crippen molar-refractivity contribution in [2.75, 3.05) is 32.7 Å². The van der Waals surface area contributed by atoms with E-state index in [0.29, 0.717) is 25.0 Å². The second-order valence-corrected chi connectivity index (χ2v) is 8.26. The van der Waals surface area contributed by atoms with E-state index in [1.807, 2.05) is 24.4 Å². The molecule has 4 rings (SSSR count). The zero-order chi connectivity index (χ0) is 20.8. The van der Waals surface area contributed by atoms with Crippen molar-refractivity contribution >= 4 is 11.8 Å². The average Bonchev–Trinajstić information content (AvgIpc) is 3.45. The van der Waals surface area contributed by atoms with E-state index in [4.69, 9.17) is 19.3 Å². The molecule has 0 N–H and O–H groups in total. The summed E-state index contributed by atoms with van der Waals surface area (Å²) in [7, 11) is 1.69. The molecule has 1 fully saturated rings. The van der Waals surface area contributed by atoms with Crippen molar-refractivity contribution in [2.45, 2.75) is 30.9 Å². The summed E-state index contributed by atoms with van der Waals surface area (Å²) in [6, 6.07) is 12.5. The van der Waals surface area contributed by atoms with Crippen LogP contribution >= 0.6 is 11.8 Å². The molecular weight excluding hydrogens is 400 g/mol. The molecule has 1 aliphatic heterocycles. The van der Waals surface area contributed by atoms with E-state index in [9.17, 15) is 0 Å². The summed E-state index contributed by atoms with van der Waals surface area (Å²) in [4.78, 5) is 9.13. The number of hydrogen-bond acceptors (Lipinski definition) is 7. The fourth-order valence-corrected chi connectivity index (χ4v) is 4.02. The summed E-state index contributed by atoms with van der Waals surface area (Å²) < 4.78 is 18.4. The molecule has 1 aliphatic rings. The van der Waals surface area contributed by atoms with E-state index >= 15 is 0 Å². The molecule has 0 bridgehead atoms. The molecule has 8 heteroatoms. The Morgan fingerprint density at radius 3 is 2.97 bits per heavy atom. The van der Waals surface area contributed by atoms with Gasteiger partial charge in [-0.15, -0.1) is 11.8 Å². The summed E-state index contributed by atoms with van der Waals surface area (Å²) >= 11 is 1.60. The monoisotopic (exact) mass is 426 g/mol. The van der Waals surface area contributed by atoms with Crippen molar-refractivity contribution in [3.8, 4) is 23.1 Å². The van der Waals surface area contributed by atoms with Crippen LogP contribution in [0.5, 0.6) is 6.01 Å². The first kappa shape index (κ1) is 20.8. The van der Waals surface area contributed by atoms with Crippen molar-refractivity contribution in [2.24, 2.45) is 0 Å². The third-order valence-corrected chi connectivity index (χ3v) is 5.64. The van der Waals surface area contributed by atoms with E-state index < -0.39 is 0 Å². The van der Waals surface area contributed by atoms with Crippen LogP contribution in [0.15, 0.2) is 47.6 Å². The topological polar surface area (TPSA) is 71.3 Å². The molecule has 30 heavy (non-hydrogen) atoms. The molecule has 1 aromatic carbocycles. The standard InChI is InChI=1S/C22H26N4O3S/c1-16-5-3-6-17(13-16)19-8-9-26(25-19)20-14-21(30-12-11-27-2)24-22(23-20)29-15-18-7-4-10-28-18/h3,5-6,8-9,13-14,18H,4,7,10-12,15H2,1-2H3. The zero-order valence-electron chi connectivity index (χ0n) is 17.3. The van der Waals surface area contributed by atoms with Gasteiger partial charge in [0.25, 0.3) is 0 Å². The molecule has 0 saturated carbocycles. The van der Waals surface area contributed by atoms with Crippen molar-refractivity contribution < 1.29 is 14.2 Å². The Morgan fingerprint density at radius 2 is 2.17 bits per heavy atom. The maximum atomic E-state index is 5.87. The number of hydrogen-bond donors (Lipinski definition) is 0. The van der Waals surface area contributed by atoms with Gasteiger partial charge in [-0.25, -0.2) is 4.68 Å². The molecule has 0 amide bonds. The Bertz CT molecular complexity index is 973. The number of aryl methyl sites for hydroxylation is 1. The summed E-state index contributed by atoms with van der Waals surface area (Å²) in [5, 5.41) is 5.55. The van der Waals surface area contributed by atoms with Gasteiger partial charge >= 0.3 is 6.01 Å². The van der Waals surface area contributed by atoms with Crippen LogP contribution in [0.2, 0.25) is 0 Å². The minimum atomic E-state index is 0.111. The molecule has 0 spiro atoms. The number of rotatable bonds is 9. The number of nitrogens with zero attached hydrogens (tertiary/aromatic N) is 4. The quantitative estimate of drug-likeness (QED) is 0.292. The van der Waals surface area contributed by atoms with Crippen LogP contribution in [-0.4, -0.2) is 58.5 Å². The van der Waals surface area contributed by atoms with Crippen LogP contribution in [0.1, 0.15) is 18.4 Å². The van der Waals surface area contributed by atoms with Crippen molar-refractivity contribution in [3.05, 3.63) is 48.2 Å². The molecule has 2 aromatic heterocycles. The Labute approximate surface area is 180 Å². The second-order valence-electron chi connectivity index (χ2n) is 7.15. The molecule has 0 aliphatic carbocycles. The van der Waals surface area contributed by atoms with Crippen LogP contribution in [0.3, 0.4) is 0 Å². The largest absolute Gasteiger partial charge is 0.461 e. The van der Waals surface area contributed by atoms with Crippen molar-refractivity contribution in [1.82, 2.24) is 19.7 Å². The highest BCUT2D eigenvalue weighted by Crippen LogP contribution is 2.24. The van der Waals surface area contributed by atoms with Gasteiger partial charge in [0.1, 0.15) is 11.6 Å². The Hall–Kier alpha value is -2.42. The van der Waals surface area contributed by atoms with Gasteiger partial charge in [0, 0.05) is 37.3 Å². The first-order valence-corrected chi connectivity index (χ1v) is 11.1. The lowest BCUT2D eigenvalue weighted by Gasteiger charge is -2.12. The highest BCUT2D eigenvalue weighted by Gasteiger charge is 2.18. The maximum absolute atomic E-state index is 5.87. The Kier molecular flexibility index (Phi) is 6.99. The molecule has 158 valence electrons. The summed E-state index contributed by atoms with van der Waals surface area (Å²) in [6.07, 6.45) is 4.10. The number of methoxy groups -OCH3 is 1. The normalized spacial score (nSPS) is 16.1. The van der Waals surface area contributed by atoms with Gasteiger partial charge in [0.15, 0.2) is 5.82 Å². The van der Waals surface area contributed by atoms with Gasteiger partial charge in [0.2, 0.25) is 0 Å². The van der Waals surface area contributed by atoms with Crippen molar-refractivity contribution in [1.29, 1.82) is 0 Å². The average molecular weight is 427 g/mol. The van der Waals surface area contributed by atoms with Gasteiger partial charge < -0.3 is 14.2 Å². The molecule has 0 radical (unpaired) electrons. The van der Waals surface area contributed by atoms with Crippen molar-refractivity contribution in [3.63, 3.8) is 0 Å². The van der Waals surface area contributed by atoms with E-state index in [-0.39, 0.29) is 6.10 Å². The molecular formula is C22H26N4O3S. The molecule has 3 aromatic rings. The first-order valence-electron chi connectivity index (χ1n) is 10.1. The fourth-order valence-electron chi connectivity index (χ4n) is 3.23. The van der Waals surface area contributed by atoms with Crippen LogP contribution in [0, 0.1) is 6.92 Å². The number of thioether (sulfide) groups is 1. The van der Waals surface area contributed by atoms with Gasteiger partial charge in [-0.05, 0) is 31.9 Å². The van der Waals surface area contributed by atoms with Crippen LogP contribution in [-0.2, 0) is 9.47 Å². The predicted octanol–water partition coefficient (Wildman–Crippen LogP) is 3.93. The van der Waals surface area contributed by atoms with Crippen LogP contribution in [0.25, 0.3) is 17.1 Å². The smallest absolute Gasteiger partial charge is 0.319 e. The number of benzene rings is 1. The third-order valence-electron chi connectivity index (χ3n) is 4.77. The molecule has 1 saturated heterocycles. The molecule has 7 nitrogen and oxygen atoms in total. The third kappa shape index (κ3) is 5.38. The summed E-state index contributed by atoms with van der Waals surface area (Å²) in [6.45, 7) is 3.98. The lowest BCUT2D eigenvalue weighted by atomic mass is 10.1. The Morgan fingerprint density at radius 1 is 1.23 bits per heavy atom. The highest BCUT2D eigenvalue weighted by atomic mass is 32.2. The van der Waals surface area contributed by atoms with Gasteiger partial charge in [-0.2, -0.15) is 15.1 Å². The van der Waals surface area contributed by atoms with Gasteiger partial charge in [-0.3, -0.25) is 0 Å². The molecule has 1 atom stereocenters. The lowest BCUT2D eigenvalue weighted by Crippen LogP contribution is -2.17. The van der Waals surface area contributed by atoms with E-state index in [2.05, 4.69) is 35.1 Å². The number of aromatic nitrogens is 4. The zero-order valence-corrected chi connectivity index (χ0v) is 18.1. The predicted molar refractivity (Wildman–Crippen MR) is 116 cm³/mol. The van der Waals surface area contributed by atoms with Crippen LogP contribution in [0.4, 0.5) is 0 Å². The van der Waals surface area contributed by atoms with E-state index in [0.717, 1.165) is 41.5 Å². The summed E-state index contributed by atoms with van der Waals surface area (Å²) in [5.41, 5.74) is 3.17. The van der Waals surface area contributed by atoms with E-state index in [1.165, 1.54) is 5.56 Å². The second kappa shape index (κ2) is 10.1. The summed E-state index contributed by atoms with van der Waals surface area (Å²) in [5.74, 6) is 1.47. The maximum Gasteiger partial charge on any atom is 0.319 e.